The van der Waals surface area contributed by atoms with E-state index in [4.69, 9.17) is 0 Å². The number of hydrogen-bond acceptors (Lipinski definition) is 5. The van der Waals surface area contributed by atoms with Crippen LogP contribution in [0, 0.1) is 23.3 Å². The predicted octanol–water partition coefficient (Wildman–Crippen LogP) is 5.42. The SMILES string of the molecule is [O-]OOSc1c(F)c(F)c(SCCC(F)(F)C(F)(F)C(F)(F)C(F)(F)F)c(F)c1F. The molecule has 0 heterocycles. The number of alkyl halides is 9. The zero-order chi connectivity index (χ0) is 23.7. The van der Waals surface area contributed by atoms with Crippen LogP contribution in [0.1, 0.15) is 6.42 Å². The summed E-state index contributed by atoms with van der Waals surface area (Å²) in [5, 5.41) is 12.3. The Morgan fingerprint density at radius 3 is 1.53 bits per heavy atom. The second-order valence-corrected chi connectivity index (χ2v) is 6.90. The lowest BCUT2D eigenvalue weighted by molar-refractivity contribution is -0.777. The standard InChI is InChI=1S/C12H5F13O3S2/c13-3-5(15)8(30-28-27-26)6(16)4(14)7(3)29-2-1-9(17,18)10(19,20)11(21,22)12(23,24)25/h26H,1-2H2/p-1. The maximum absolute atomic E-state index is 13.7. The van der Waals surface area contributed by atoms with Crippen molar-refractivity contribution in [2.75, 3.05) is 5.75 Å². The zero-order valence-electron chi connectivity index (χ0n) is 13.4. The fourth-order valence-electron chi connectivity index (χ4n) is 1.69. The van der Waals surface area contributed by atoms with Crippen LogP contribution in [0.3, 0.4) is 0 Å². The van der Waals surface area contributed by atoms with E-state index in [1.807, 2.05) is 0 Å². The van der Waals surface area contributed by atoms with Crippen molar-refractivity contribution in [1.29, 1.82) is 0 Å². The van der Waals surface area contributed by atoms with Crippen LogP contribution in [0.2, 0.25) is 0 Å². The van der Waals surface area contributed by atoms with Crippen LogP contribution in [0.5, 0.6) is 0 Å². The zero-order valence-corrected chi connectivity index (χ0v) is 15.0. The molecule has 0 aliphatic carbocycles. The van der Waals surface area contributed by atoms with Crippen molar-refractivity contribution < 1.29 is 71.7 Å². The maximum Gasteiger partial charge on any atom is 0.460 e. The third kappa shape index (κ3) is 4.86. The van der Waals surface area contributed by atoms with Crippen LogP contribution >= 0.6 is 23.8 Å². The predicted molar refractivity (Wildman–Crippen MR) is 70.5 cm³/mol. The number of rotatable bonds is 9. The van der Waals surface area contributed by atoms with Crippen LogP contribution < -0.4 is 5.26 Å². The Balaban J connectivity index is 3.08. The molecule has 1 rings (SSSR count). The summed E-state index contributed by atoms with van der Waals surface area (Å²) in [7, 11) is 0. The highest BCUT2D eigenvalue weighted by atomic mass is 32.2. The molecular weight excluding hydrogens is 503 g/mol. The summed E-state index contributed by atoms with van der Waals surface area (Å²) in [4.78, 5) is -3.33. The first-order valence-corrected chi connectivity index (χ1v) is 8.48. The third-order valence-electron chi connectivity index (χ3n) is 3.20. The molecule has 0 aliphatic rings. The lowest BCUT2D eigenvalue weighted by Crippen LogP contribution is -2.60. The van der Waals surface area contributed by atoms with Gasteiger partial charge in [0.2, 0.25) is 0 Å². The second-order valence-electron chi connectivity index (χ2n) is 5.08. The molecule has 0 fully saturated rings. The first-order valence-electron chi connectivity index (χ1n) is 6.76. The Hall–Kier alpha value is -1.11. The molecule has 0 saturated carbocycles. The van der Waals surface area contributed by atoms with Gasteiger partial charge in [0.25, 0.3) is 0 Å². The maximum atomic E-state index is 13.7. The molecule has 0 N–H and O–H groups in total. The van der Waals surface area contributed by atoms with E-state index in [-0.39, 0.29) is 0 Å². The third-order valence-corrected chi connectivity index (χ3v) is 4.90. The summed E-state index contributed by atoms with van der Waals surface area (Å²) in [6.45, 7) is 0. The molecule has 0 spiro atoms. The molecule has 0 bridgehead atoms. The summed E-state index contributed by atoms with van der Waals surface area (Å²) in [6.07, 6.45) is -9.55. The minimum Gasteiger partial charge on any atom is -0.691 e. The van der Waals surface area contributed by atoms with Crippen LogP contribution in [-0.2, 0) is 9.37 Å². The van der Waals surface area contributed by atoms with Gasteiger partial charge >= 0.3 is 23.9 Å². The van der Waals surface area contributed by atoms with Gasteiger partial charge in [-0.05, 0) is 0 Å². The van der Waals surface area contributed by atoms with Crippen LogP contribution in [-0.4, -0.2) is 29.7 Å². The highest BCUT2D eigenvalue weighted by Gasteiger charge is 2.81. The van der Waals surface area contributed by atoms with Crippen LogP contribution in [0.4, 0.5) is 57.1 Å². The smallest absolute Gasteiger partial charge is 0.460 e. The highest BCUT2D eigenvalue weighted by Crippen LogP contribution is 2.54. The molecule has 0 amide bonds. The molecule has 0 unspecified atom stereocenters. The topological polar surface area (TPSA) is 41.5 Å². The lowest BCUT2D eigenvalue weighted by atomic mass is 10.0. The van der Waals surface area contributed by atoms with Gasteiger partial charge in [0, 0.05) is 12.2 Å². The van der Waals surface area contributed by atoms with Crippen LogP contribution in [0.15, 0.2) is 9.79 Å². The average Bonchev–Trinajstić information content (AvgIpc) is 2.61. The quantitative estimate of drug-likeness (QED) is 0.112. The molecule has 1 aromatic carbocycles. The van der Waals surface area contributed by atoms with E-state index >= 15 is 0 Å². The first-order chi connectivity index (χ1) is 13.4. The van der Waals surface area contributed by atoms with Gasteiger partial charge in [-0.2, -0.15) is 43.8 Å². The molecule has 0 aliphatic heterocycles. The molecule has 18 heteroatoms. The summed E-state index contributed by atoms with van der Waals surface area (Å²) in [6, 6.07) is 0. The molecule has 3 nitrogen and oxygen atoms in total. The minimum absolute atomic E-state index is 0.617. The number of thioether (sulfide) groups is 1. The Bertz CT molecular complexity index is 740. The van der Waals surface area contributed by atoms with Gasteiger partial charge in [0.15, 0.2) is 23.3 Å². The van der Waals surface area contributed by atoms with Gasteiger partial charge in [0.05, 0.1) is 16.9 Å². The number of benzene rings is 1. The van der Waals surface area contributed by atoms with E-state index in [0.29, 0.717) is 0 Å². The van der Waals surface area contributed by atoms with Crippen molar-refractivity contribution in [2.45, 2.75) is 40.2 Å². The highest BCUT2D eigenvalue weighted by molar-refractivity contribution is 7.99. The Morgan fingerprint density at radius 1 is 0.700 bits per heavy atom. The largest absolute Gasteiger partial charge is 0.691 e. The van der Waals surface area contributed by atoms with Crippen LogP contribution in [0.25, 0.3) is 0 Å². The minimum atomic E-state index is -7.16. The van der Waals surface area contributed by atoms with Gasteiger partial charge in [-0.25, -0.2) is 17.6 Å². The number of halogens is 13. The van der Waals surface area contributed by atoms with E-state index < -0.39 is 93.0 Å². The Kier molecular flexibility index (Phi) is 8.23. The normalized spacial score (nSPS) is 13.8. The summed E-state index contributed by atoms with van der Waals surface area (Å²) in [5.41, 5.74) is 0. The summed E-state index contributed by atoms with van der Waals surface area (Å²) < 4.78 is 172. The monoisotopic (exact) mass is 507 g/mol. The van der Waals surface area contributed by atoms with E-state index in [1.54, 1.807) is 0 Å². The fourth-order valence-corrected chi connectivity index (χ4v) is 3.10. The van der Waals surface area contributed by atoms with Gasteiger partial charge in [-0.3, -0.25) is 5.04 Å². The molecule has 0 aromatic heterocycles. The molecule has 174 valence electrons. The van der Waals surface area contributed by atoms with Gasteiger partial charge in [0.1, 0.15) is 4.90 Å². The molecule has 30 heavy (non-hydrogen) atoms. The Morgan fingerprint density at radius 2 is 1.13 bits per heavy atom. The first kappa shape index (κ1) is 26.9. The van der Waals surface area contributed by atoms with Gasteiger partial charge in [-0.1, -0.05) is 0 Å². The number of hydrogen-bond donors (Lipinski definition) is 0. The summed E-state index contributed by atoms with van der Waals surface area (Å²) >= 11 is -1.25. The molecule has 0 saturated heterocycles. The van der Waals surface area contributed by atoms with Gasteiger partial charge in [-0.15, -0.1) is 11.8 Å². The van der Waals surface area contributed by atoms with Crippen molar-refractivity contribution in [1.82, 2.24) is 0 Å². The average molecular weight is 507 g/mol. The Labute approximate surface area is 165 Å². The lowest BCUT2D eigenvalue weighted by Gasteiger charge is -2.33. The molecule has 0 atom stereocenters. The van der Waals surface area contributed by atoms with Crippen molar-refractivity contribution >= 4 is 23.8 Å². The second kappa shape index (κ2) is 9.17. The van der Waals surface area contributed by atoms with E-state index in [2.05, 4.69) is 9.37 Å². The van der Waals surface area contributed by atoms with Crippen molar-refractivity contribution in [3.63, 3.8) is 0 Å². The van der Waals surface area contributed by atoms with E-state index in [1.165, 1.54) is 0 Å². The molecule has 1 aromatic rings. The van der Waals surface area contributed by atoms with Crippen molar-refractivity contribution in [3.8, 4) is 0 Å². The fraction of sp³-hybridized carbons (Fsp3) is 0.500. The summed E-state index contributed by atoms with van der Waals surface area (Å²) in [5.74, 6) is -30.9. The van der Waals surface area contributed by atoms with E-state index in [0.717, 1.165) is 0 Å². The molecule has 0 radical (unpaired) electrons. The van der Waals surface area contributed by atoms with Crippen molar-refractivity contribution in [2.24, 2.45) is 0 Å². The van der Waals surface area contributed by atoms with Crippen molar-refractivity contribution in [3.05, 3.63) is 23.3 Å². The molecular formula is C12H4F13O3S2-. The van der Waals surface area contributed by atoms with E-state index in [9.17, 15) is 62.3 Å². The van der Waals surface area contributed by atoms with Gasteiger partial charge < -0.3 is 5.26 Å².